The smallest absolute Gasteiger partial charge is 0.308 e. The van der Waals surface area contributed by atoms with Crippen LogP contribution in [-0.4, -0.2) is 11.8 Å². The Kier molecular flexibility index (Phi) is 4.35. The SMILES string of the molecule is CC(=O)Oc1ccc(Br)cc1C(=O)c1ccc(C)cc1. The minimum Gasteiger partial charge on any atom is -0.426 e. The quantitative estimate of drug-likeness (QED) is 0.486. The van der Waals surface area contributed by atoms with Gasteiger partial charge in [-0.2, -0.15) is 0 Å². The number of benzene rings is 2. The van der Waals surface area contributed by atoms with Crippen LogP contribution in [0.2, 0.25) is 0 Å². The number of halogens is 1. The maximum absolute atomic E-state index is 12.5. The van der Waals surface area contributed by atoms with E-state index in [2.05, 4.69) is 15.9 Å². The van der Waals surface area contributed by atoms with Crippen LogP contribution in [0, 0.1) is 6.92 Å². The molecule has 0 aliphatic carbocycles. The van der Waals surface area contributed by atoms with Gasteiger partial charge in [0, 0.05) is 17.0 Å². The van der Waals surface area contributed by atoms with E-state index in [9.17, 15) is 9.59 Å². The van der Waals surface area contributed by atoms with Gasteiger partial charge in [0.25, 0.3) is 0 Å². The van der Waals surface area contributed by atoms with E-state index in [4.69, 9.17) is 4.74 Å². The van der Waals surface area contributed by atoms with Crippen LogP contribution in [0.25, 0.3) is 0 Å². The summed E-state index contributed by atoms with van der Waals surface area (Å²) < 4.78 is 5.84. The third-order valence-corrected chi connectivity index (χ3v) is 3.25. The summed E-state index contributed by atoms with van der Waals surface area (Å²) in [4.78, 5) is 23.6. The minimum atomic E-state index is -0.453. The molecule has 102 valence electrons. The molecule has 0 bridgehead atoms. The second kappa shape index (κ2) is 6.01. The fourth-order valence-electron chi connectivity index (χ4n) is 1.78. The van der Waals surface area contributed by atoms with Crippen molar-refractivity contribution in [3.8, 4) is 5.75 Å². The highest BCUT2D eigenvalue weighted by molar-refractivity contribution is 9.10. The predicted octanol–water partition coefficient (Wildman–Crippen LogP) is 3.91. The molecule has 4 heteroatoms. The molecule has 2 aromatic carbocycles. The largest absolute Gasteiger partial charge is 0.426 e. The Morgan fingerprint density at radius 1 is 1.05 bits per heavy atom. The molecule has 0 aromatic heterocycles. The van der Waals surface area contributed by atoms with E-state index in [-0.39, 0.29) is 11.5 Å². The van der Waals surface area contributed by atoms with Gasteiger partial charge in [-0.3, -0.25) is 9.59 Å². The van der Waals surface area contributed by atoms with Crippen molar-refractivity contribution >= 4 is 27.7 Å². The molecule has 0 fully saturated rings. The maximum Gasteiger partial charge on any atom is 0.308 e. The molecule has 3 nitrogen and oxygen atoms in total. The van der Waals surface area contributed by atoms with E-state index < -0.39 is 5.97 Å². The Morgan fingerprint density at radius 3 is 2.30 bits per heavy atom. The van der Waals surface area contributed by atoms with E-state index in [0.717, 1.165) is 10.0 Å². The molecule has 0 spiro atoms. The van der Waals surface area contributed by atoms with Crippen molar-refractivity contribution in [3.05, 3.63) is 63.6 Å². The lowest BCUT2D eigenvalue weighted by atomic mass is 10.0. The summed E-state index contributed by atoms with van der Waals surface area (Å²) in [6.45, 7) is 3.26. The maximum atomic E-state index is 12.5. The van der Waals surface area contributed by atoms with Gasteiger partial charge in [-0.15, -0.1) is 0 Å². The molecule has 0 saturated heterocycles. The first kappa shape index (κ1) is 14.5. The Morgan fingerprint density at radius 2 is 1.70 bits per heavy atom. The average molecular weight is 333 g/mol. The second-order valence-electron chi connectivity index (χ2n) is 4.43. The van der Waals surface area contributed by atoms with Gasteiger partial charge < -0.3 is 4.74 Å². The monoisotopic (exact) mass is 332 g/mol. The summed E-state index contributed by atoms with van der Waals surface area (Å²) >= 11 is 3.32. The Labute approximate surface area is 125 Å². The van der Waals surface area contributed by atoms with Gasteiger partial charge in [-0.1, -0.05) is 45.8 Å². The van der Waals surface area contributed by atoms with Crippen molar-refractivity contribution in [2.45, 2.75) is 13.8 Å². The highest BCUT2D eigenvalue weighted by atomic mass is 79.9. The number of carbonyl (C=O) groups excluding carboxylic acids is 2. The lowest BCUT2D eigenvalue weighted by Gasteiger charge is -2.09. The van der Waals surface area contributed by atoms with Gasteiger partial charge in [0.05, 0.1) is 5.56 Å². The topological polar surface area (TPSA) is 43.4 Å². The van der Waals surface area contributed by atoms with E-state index in [1.54, 1.807) is 30.3 Å². The zero-order valence-corrected chi connectivity index (χ0v) is 12.7. The number of carbonyl (C=O) groups is 2. The van der Waals surface area contributed by atoms with Crippen LogP contribution >= 0.6 is 15.9 Å². The van der Waals surface area contributed by atoms with Crippen LogP contribution in [0.1, 0.15) is 28.4 Å². The molecule has 0 saturated carbocycles. The van der Waals surface area contributed by atoms with Crippen molar-refractivity contribution in [1.29, 1.82) is 0 Å². The number of rotatable bonds is 3. The molecule has 0 radical (unpaired) electrons. The molecule has 2 aromatic rings. The normalized spacial score (nSPS) is 10.2. The minimum absolute atomic E-state index is 0.178. The molecule has 20 heavy (non-hydrogen) atoms. The Hall–Kier alpha value is -1.94. The van der Waals surface area contributed by atoms with Crippen LogP contribution in [-0.2, 0) is 4.79 Å². The van der Waals surface area contributed by atoms with Crippen LogP contribution < -0.4 is 4.74 Å². The summed E-state index contributed by atoms with van der Waals surface area (Å²) in [6, 6.07) is 12.2. The van der Waals surface area contributed by atoms with Gasteiger partial charge in [-0.05, 0) is 25.1 Å². The van der Waals surface area contributed by atoms with Crippen molar-refractivity contribution in [1.82, 2.24) is 0 Å². The Bertz CT molecular complexity index is 660. The molecule has 0 atom stereocenters. The van der Waals surface area contributed by atoms with Crippen LogP contribution in [0.15, 0.2) is 46.9 Å². The molecular weight excluding hydrogens is 320 g/mol. The summed E-state index contributed by atoms with van der Waals surface area (Å²) in [6.07, 6.45) is 0. The van der Waals surface area contributed by atoms with E-state index in [1.165, 1.54) is 6.92 Å². The second-order valence-corrected chi connectivity index (χ2v) is 5.34. The van der Waals surface area contributed by atoms with Gasteiger partial charge in [-0.25, -0.2) is 0 Å². The van der Waals surface area contributed by atoms with E-state index in [0.29, 0.717) is 11.1 Å². The number of ketones is 1. The van der Waals surface area contributed by atoms with Gasteiger partial charge in [0.1, 0.15) is 5.75 Å². The first-order chi connectivity index (χ1) is 9.47. The van der Waals surface area contributed by atoms with Crippen molar-refractivity contribution in [2.75, 3.05) is 0 Å². The molecule has 0 unspecified atom stereocenters. The summed E-state index contributed by atoms with van der Waals surface area (Å²) in [5.41, 5.74) is 2.00. The molecule has 0 aliphatic heterocycles. The average Bonchev–Trinajstić information content (AvgIpc) is 2.40. The van der Waals surface area contributed by atoms with Crippen LogP contribution in [0.3, 0.4) is 0 Å². The van der Waals surface area contributed by atoms with Gasteiger partial charge in [0.2, 0.25) is 0 Å². The van der Waals surface area contributed by atoms with Crippen molar-refractivity contribution in [2.24, 2.45) is 0 Å². The zero-order chi connectivity index (χ0) is 14.7. The van der Waals surface area contributed by atoms with E-state index >= 15 is 0 Å². The summed E-state index contributed by atoms with van der Waals surface area (Å²) in [5, 5.41) is 0. The van der Waals surface area contributed by atoms with Crippen LogP contribution in [0.5, 0.6) is 5.75 Å². The lowest BCUT2D eigenvalue weighted by Crippen LogP contribution is -2.08. The van der Waals surface area contributed by atoms with Gasteiger partial charge >= 0.3 is 5.97 Å². The molecule has 0 N–H and O–H groups in total. The fourth-order valence-corrected chi connectivity index (χ4v) is 2.15. The highest BCUT2D eigenvalue weighted by Crippen LogP contribution is 2.26. The first-order valence-electron chi connectivity index (χ1n) is 6.06. The molecule has 0 aliphatic rings. The molecule has 2 rings (SSSR count). The third kappa shape index (κ3) is 3.33. The number of ether oxygens (including phenoxy) is 1. The molecule has 0 heterocycles. The molecular formula is C16H13BrO3. The highest BCUT2D eigenvalue weighted by Gasteiger charge is 2.16. The number of hydrogen-bond acceptors (Lipinski definition) is 3. The van der Waals surface area contributed by atoms with Crippen LogP contribution in [0.4, 0.5) is 0 Å². The number of aryl methyl sites for hydroxylation is 1. The summed E-state index contributed by atoms with van der Waals surface area (Å²) in [7, 11) is 0. The standard InChI is InChI=1S/C16H13BrO3/c1-10-3-5-12(6-4-10)16(19)14-9-13(17)7-8-15(14)20-11(2)18/h3-9H,1-2H3. The molecule has 0 amide bonds. The fraction of sp³-hybridized carbons (Fsp3) is 0.125. The van der Waals surface area contributed by atoms with Crippen molar-refractivity contribution < 1.29 is 14.3 Å². The third-order valence-electron chi connectivity index (χ3n) is 2.75. The summed E-state index contributed by atoms with van der Waals surface area (Å²) in [5.74, 6) is -0.362. The van der Waals surface area contributed by atoms with E-state index in [1.807, 2.05) is 19.1 Å². The Balaban J connectivity index is 2.44. The first-order valence-corrected chi connectivity index (χ1v) is 6.86. The lowest BCUT2D eigenvalue weighted by molar-refractivity contribution is -0.131. The number of esters is 1. The van der Waals surface area contributed by atoms with Crippen molar-refractivity contribution in [3.63, 3.8) is 0 Å². The van der Waals surface area contributed by atoms with Gasteiger partial charge in [0.15, 0.2) is 5.78 Å². The predicted molar refractivity (Wildman–Crippen MR) is 80.1 cm³/mol. The zero-order valence-electron chi connectivity index (χ0n) is 11.1. The number of hydrogen-bond donors (Lipinski definition) is 0.